The molecule has 0 unspecified atom stereocenters. The summed E-state index contributed by atoms with van der Waals surface area (Å²) >= 11 is 0. The molecule has 0 saturated carbocycles. The zero-order valence-electron chi connectivity index (χ0n) is 20.2. The van der Waals surface area contributed by atoms with E-state index in [1.165, 1.54) is 0 Å². The summed E-state index contributed by atoms with van der Waals surface area (Å²) in [5.41, 5.74) is -0.461. The number of esters is 1. The van der Waals surface area contributed by atoms with Crippen molar-refractivity contribution < 1.29 is 42.7 Å². The van der Waals surface area contributed by atoms with Gasteiger partial charge in [-0.3, -0.25) is 4.79 Å². The highest BCUT2D eigenvalue weighted by Crippen LogP contribution is 2.07. The van der Waals surface area contributed by atoms with Crippen LogP contribution in [0.1, 0.15) is 41.0 Å². The molecule has 31 heavy (non-hydrogen) atoms. The molecule has 0 aromatic heterocycles. The Hall–Kier alpha value is -0.810. The van der Waals surface area contributed by atoms with Crippen LogP contribution < -0.4 is 0 Å². The second kappa shape index (κ2) is 21.1. The molecule has 0 heterocycles. The average molecular weight is 453 g/mol. The van der Waals surface area contributed by atoms with Crippen molar-refractivity contribution in [3.63, 3.8) is 0 Å². The van der Waals surface area contributed by atoms with Crippen LogP contribution in [0.25, 0.3) is 0 Å². The van der Waals surface area contributed by atoms with Gasteiger partial charge in [-0.25, -0.2) is 0 Å². The molecule has 0 rings (SSSR count). The second-order valence-electron chi connectivity index (χ2n) is 7.93. The van der Waals surface area contributed by atoms with Gasteiger partial charge in [0, 0.05) is 0 Å². The van der Waals surface area contributed by atoms with Crippen LogP contribution in [0.5, 0.6) is 0 Å². The third-order valence-corrected chi connectivity index (χ3v) is 3.41. The summed E-state index contributed by atoms with van der Waals surface area (Å²) in [4.78, 5) is 11.5. The highest BCUT2D eigenvalue weighted by Gasteiger charge is 2.15. The molecule has 9 heteroatoms. The number of hydrogen-bond donors (Lipinski definition) is 0. The lowest BCUT2D eigenvalue weighted by molar-refractivity contribution is -0.156. The van der Waals surface area contributed by atoms with E-state index in [9.17, 15) is 4.79 Å². The fourth-order valence-electron chi connectivity index (χ4n) is 2.09. The predicted octanol–water partition coefficient (Wildman–Crippen LogP) is 2.24. The highest BCUT2D eigenvalue weighted by atomic mass is 16.6. The summed E-state index contributed by atoms with van der Waals surface area (Å²) in [6.07, 6.45) is 0.476. The molecule has 0 N–H and O–H groups in total. The molecule has 0 aromatic carbocycles. The molecule has 0 bridgehead atoms. The van der Waals surface area contributed by atoms with Gasteiger partial charge in [-0.1, -0.05) is 0 Å². The maximum Gasteiger partial charge on any atom is 0.308 e. The Kier molecular flexibility index (Phi) is 20.5. The molecular weight excluding hydrogens is 408 g/mol. The topological polar surface area (TPSA) is 90.9 Å². The van der Waals surface area contributed by atoms with Crippen LogP contribution in [0.3, 0.4) is 0 Å². The Balaban J connectivity index is 3.12. The van der Waals surface area contributed by atoms with Gasteiger partial charge in [0.2, 0.25) is 0 Å². The number of hydrogen-bond acceptors (Lipinski definition) is 9. The first-order valence-corrected chi connectivity index (χ1v) is 11.1. The van der Waals surface area contributed by atoms with E-state index in [0.29, 0.717) is 85.9 Å². The maximum atomic E-state index is 11.5. The van der Waals surface area contributed by atoms with E-state index in [2.05, 4.69) is 0 Å². The average Bonchev–Trinajstić information content (AvgIpc) is 2.67. The predicted molar refractivity (Wildman–Crippen MR) is 116 cm³/mol. The van der Waals surface area contributed by atoms with Gasteiger partial charge >= 0.3 is 5.97 Å². The quantitative estimate of drug-likeness (QED) is 0.181. The molecule has 186 valence electrons. The monoisotopic (exact) mass is 452 g/mol. The van der Waals surface area contributed by atoms with Crippen LogP contribution >= 0.6 is 0 Å². The standard InChI is InChI=1S/C22H44O9/c1-20(2)30-19-18-29-17-16-28-15-14-27-13-12-26-11-10-25-9-8-24-7-6-21(23)31-22(3,4)5/h20H,6-19H2,1-5H3. The van der Waals surface area contributed by atoms with E-state index in [-0.39, 0.29) is 18.5 Å². The molecule has 0 aliphatic rings. The van der Waals surface area contributed by atoms with Gasteiger partial charge in [0.15, 0.2) is 0 Å². The van der Waals surface area contributed by atoms with Gasteiger partial charge in [-0.15, -0.1) is 0 Å². The third-order valence-electron chi connectivity index (χ3n) is 3.41. The summed E-state index contributed by atoms with van der Waals surface area (Å²) in [6.45, 7) is 16.1. The van der Waals surface area contributed by atoms with Crippen molar-refractivity contribution in [3.8, 4) is 0 Å². The minimum Gasteiger partial charge on any atom is -0.460 e. The Morgan fingerprint density at radius 2 is 0.903 bits per heavy atom. The Morgan fingerprint density at radius 3 is 1.23 bits per heavy atom. The van der Waals surface area contributed by atoms with Crippen LogP contribution in [0.4, 0.5) is 0 Å². The van der Waals surface area contributed by atoms with Crippen molar-refractivity contribution in [1.82, 2.24) is 0 Å². The van der Waals surface area contributed by atoms with Gasteiger partial charge < -0.3 is 37.9 Å². The van der Waals surface area contributed by atoms with Crippen LogP contribution in [0.15, 0.2) is 0 Å². The lowest BCUT2D eigenvalue weighted by Gasteiger charge is -2.19. The summed E-state index contributed by atoms with van der Waals surface area (Å²) in [5, 5.41) is 0. The molecule has 0 amide bonds. The lowest BCUT2D eigenvalue weighted by Crippen LogP contribution is -2.24. The Bertz CT molecular complexity index is 397. The van der Waals surface area contributed by atoms with Gasteiger partial charge in [-0.2, -0.15) is 0 Å². The minimum atomic E-state index is -0.461. The van der Waals surface area contributed by atoms with E-state index in [4.69, 9.17) is 37.9 Å². The van der Waals surface area contributed by atoms with Crippen LogP contribution in [0.2, 0.25) is 0 Å². The van der Waals surface area contributed by atoms with Crippen LogP contribution in [-0.2, 0) is 42.7 Å². The first-order chi connectivity index (χ1) is 14.8. The molecule has 0 saturated heterocycles. The third kappa shape index (κ3) is 27.2. The van der Waals surface area contributed by atoms with E-state index >= 15 is 0 Å². The van der Waals surface area contributed by atoms with E-state index in [0.717, 1.165) is 0 Å². The first-order valence-electron chi connectivity index (χ1n) is 11.1. The molecule has 0 fully saturated rings. The molecule has 0 aromatic rings. The molecular formula is C22H44O9. The van der Waals surface area contributed by atoms with Gasteiger partial charge in [0.25, 0.3) is 0 Å². The number of rotatable bonds is 22. The number of carbonyl (C=O) groups excluding carboxylic acids is 1. The highest BCUT2D eigenvalue weighted by molar-refractivity contribution is 5.69. The number of carbonyl (C=O) groups is 1. The molecule has 0 aliphatic carbocycles. The summed E-state index contributed by atoms with van der Waals surface area (Å²) < 4.78 is 42.9. The minimum absolute atomic E-state index is 0.233. The van der Waals surface area contributed by atoms with Crippen LogP contribution in [-0.4, -0.2) is 104 Å². The van der Waals surface area contributed by atoms with Crippen LogP contribution in [0, 0.1) is 0 Å². The van der Waals surface area contributed by atoms with Gasteiger partial charge in [0.1, 0.15) is 5.60 Å². The lowest BCUT2D eigenvalue weighted by atomic mass is 10.2. The fourth-order valence-corrected chi connectivity index (χ4v) is 2.09. The van der Waals surface area contributed by atoms with E-state index in [1.807, 2.05) is 34.6 Å². The molecule has 0 radical (unpaired) electrons. The molecule has 9 nitrogen and oxygen atoms in total. The number of ether oxygens (including phenoxy) is 8. The largest absolute Gasteiger partial charge is 0.460 e. The van der Waals surface area contributed by atoms with E-state index < -0.39 is 5.60 Å². The van der Waals surface area contributed by atoms with Gasteiger partial charge in [0.05, 0.1) is 98.4 Å². The van der Waals surface area contributed by atoms with Crippen molar-refractivity contribution in [3.05, 3.63) is 0 Å². The van der Waals surface area contributed by atoms with Crippen molar-refractivity contribution in [1.29, 1.82) is 0 Å². The summed E-state index contributed by atoms with van der Waals surface area (Å²) in [6, 6.07) is 0. The van der Waals surface area contributed by atoms with Crippen molar-refractivity contribution in [2.45, 2.75) is 52.7 Å². The maximum absolute atomic E-state index is 11.5. The smallest absolute Gasteiger partial charge is 0.308 e. The van der Waals surface area contributed by atoms with Crippen molar-refractivity contribution in [2.75, 3.05) is 85.9 Å². The molecule has 0 aliphatic heterocycles. The first kappa shape index (κ1) is 30.2. The van der Waals surface area contributed by atoms with Crippen molar-refractivity contribution >= 4 is 5.97 Å². The van der Waals surface area contributed by atoms with Gasteiger partial charge in [-0.05, 0) is 34.6 Å². The van der Waals surface area contributed by atoms with E-state index in [1.54, 1.807) is 0 Å². The zero-order chi connectivity index (χ0) is 23.2. The fraction of sp³-hybridized carbons (Fsp3) is 0.955. The molecule has 0 atom stereocenters. The normalized spacial score (nSPS) is 11.9. The Labute approximate surface area is 187 Å². The zero-order valence-corrected chi connectivity index (χ0v) is 20.2. The second-order valence-corrected chi connectivity index (χ2v) is 7.93. The Morgan fingerprint density at radius 1 is 0.581 bits per heavy atom. The summed E-state index contributed by atoms with van der Waals surface area (Å²) in [5.74, 6) is -0.257. The van der Waals surface area contributed by atoms with Crippen molar-refractivity contribution in [2.24, 2.45) is 0 Å². The summed E-state index contributed by atoms with van der Waals surface area (Å²) in [7, 11) is 0. The SMILES string of the molecule is CC(C)OCCOCCOCCOCCOCCOCCOCCC(=O)OC(C)(C)C. The molecule has 0 spiro atoms.